The van der Waals surface area contributed by atoms with Crippen LogP contribution in [0.15, 0.2) is 24.3 Å². The molecule has 0 bridgehead atoms. The quantitative estimate of drug-likeness (QED) is 0.853. The van der Waals surface area contributed by atoms with E-state index in [9.17, 15) is 9.90 Å². The molecule has 3 atom stereocenters. The Morgan fingerprint density at radius 1 is 1.36 bits per heavy atom. The van der Waals surface area contributed by atoms with E-state index in [-0.39, 0.29) is 17.2 Å². The third kappa shape index (κ3) is 1.66. The molecule has 2 aliphatic heterocycles. The average molecular weight is 303 g/mol. The van der Waals surface area contributed by atoms with Gasteiger partial charge in [-0.3, -0.25) is 4.90 Å². The van der Waals surface area contributed by atoms with Gasteiger partial charge in [-0.1, -0.05) is 25.0 Å². The van der Waals surface area contributed by atoms with E-state index in [1.165, 1.54) is 16.9 Å². The predicted octanol–water partition coefficient (Wildman–Crippen LogP) is 2.99. The Hall–Kier alpha value is -1.75. The number of epoxide rings is 1. The van der Waals surface area contributed by atoms with E-state index in [4.69, 9.17) is 9.47 Å². The van der Waals surface area contributed by atoms with Crippen molar-refractivity contribution in [1.82, 2.24) is 4.90 Å². The zero-order chi connectivity index (χ0) is 15.4. The second-order valence-electron chi connectivity index (χ2n) is 6.61. The lowest BCUT2D eigenvalue weighted by atomic mass is 9.58. The zero-order valence-electron chi connectivity index (χ0n) is 12.7. The van der Waals surface area contributed by atoms with Crippen LogP contribution in [0.5, 0.6) is 5.75 Å². The number of hydrogen-bond acceptors (Lipinski definition) is 3. The van der Waals surface area contributed by atoms with E-state index < -0.39 is 6.09 Å². The highest BCUT2D eigenvalue weighted by Crippen LogP contribution is 2.64. The molecule has 1 aromatic carbocycles. The molecule has 2 heterocycles. The summed E-state index contributed by atoms with van der Waals surface area (Å²) in [7, 11) is 1.68. The number of benzene rings is 1. The van der Waals surface area contributed by atoms with Gasteiger partial charge in [-0.05, 0) is 37.0 Å². The Kier molecular flexibility index (Phi) is 2.92. The summed E-state index contributed by atoms with van der Waals surface area (Å²) in [5, 5.41) is 9.38. The first-order valence-electron chi connectivity index (χ1n) is 7.95. The van der Waals surface area contributed by atoms with Crippen molar-refractivity contribution in [3.05, 3.63) is 29.8 Å². The van der Waals surface area contributed by atoms with Crippen LogP contribution in [0.4, 0.5) is 4.79 Å². The number of carboxylic acid groups (broad SMARTS) is 1. The lowest BCUT2D eigenvalue weighted by molar-refractivity contribution is 0.0802. The van der Waals surface area contributed by atoms with Crippen LogP contribution in [0.2, 0.25) is 0 Å². The van der Waals surface area contributed by atoms with Gasteiger partial charge >= 0.3 is 6.09 Å². The smallest absolute Gasteiger partial charge is 0.409 e. The Balaban J connectivity index is 1.77. The molecule has 4 rings (SSSR count). The van der Waals surface area contributed by atoms with Crippen LogP contribution in [-0.4, -0.2) is 41.6 Å². The summed E-state index contributed by atoms with van der Waals surface area (Å²) in [5.74, 6) is 0.852. The van der Waals surface area contributed by atoms with Crippen LogP contribution in [0.1, 0.15) is 37.7 Å². The number of methoxy groups -OCH3 is 1. The standard InChI is InChI=1S/C17H21NO4/c1-21-13-6-4-5-12(11-13)16-7-2-3-8-17(16)14(22-17)18(10-9-16)15(19)20/h4-6,11,14H,2-3,7-10H2,1H3,(H,19,20). The molecule has 0 aromatic heterocycles. The van der Waals surface area contributed by atoms with Crippen molar-refractivity contribution < 1.29 is 19.4 Å². The normalized spacial score (nSPS) is 36.2. The number of carbonyl (C=O) groups is 1. The van der Waals surface area contributed by atoms with Crippen molar-refractivity contribution in [2.75, 3.05) is 13.7 Å². The lowest BCUT2D eigenvalue weighted by Crippen LogP contribution is -2.56. The first-order valence-corrected chi connectivity index (χ1v) is 7.95. The highest BCUT2D eigenvalue weighted by Gasteiger charge is 2.74. The van der Waals surface area contributed by atoms with Crippen LogP contribution in [-0.2, 0) is 10.2 Å². The van der Waals surface area contributed by atoms with Gasteiger partial charge < -0.3 is 14.6 Å². The monoisotopic (exact) mass is 303 g/mol. The molecule has 1 spiro atoms. The first kappa shape index (κ1) is 13.9. The molecule has 3 fully saturated rings. The molecule has 2 saturated heterocycles. The summed E-state index contributed by atoms with van der Waals surface area (Å²) in [6, 6.07) is 8.21. The molecular weight excluding hydrogens is 282 g/mol. The van der Waals surface area contributed by atoms with E-state index >= 15 is 0 Å². The van der Waals surface area contributed by atoms with Crippen LogP contribution < -0.4 is 4.74 Å². The largest absolute Gasteiger partial charge is 0.497 e. The topological polar surface area (TPSA) is 62.3 Å². The minimum atomic E-state index is -0.869. The summed E-state index contributed by atoms with van der Waals surface area (Å²) in [6.45, 7) is 0.541. The summed E-state index contributed by atoms with van der Waals surface area (Å²) < 4.78 is 11.5. The molecule has 0 radical (unpaired) electrons. The van der Waals surface area contributed by atoms with Crippen molar-refractivity contribution in [1.29, 1.82) is 0 Å². The SMILES string of the molecule is COc1cccc(C23CCCCC24OC4N(C(=O)O)CC3)c1. The molecule has 5 heteroatoms. The van der Waals surface area contributed by atoms with Gasteiger partial charge in [-0.25, -0.2) is 4.79 Å². The Bertz CT molecular complexity index is 618. The van der Waals surface area contributed by atoms with Crippen molar-refractivity contribution in [3.63, 3.8) is 0 Å². The maximum absolute atomic E-state index is 11.4. The van der Waals surface area contributed by atoms with E-state index in [1.807, 2.05) is 12.1 Å². The van der Waals surface area contributed by atoms with Gasteiger partial charge in [-0.15, -0.1) is 0 Å². The maximum Gasteiger partial charge on any atom is 0.409 e. The molecule has 1 N–H and O–H groups in total. The molecule has 118 valence electrons. The number of nitrogens with zero attached hydrogens (tertiary/aromatic N) is 1. The number of amides is 1. The minimum absolute atomic E-state index is 0.0730. The Morgan fingerprint density at radius 2 is 2.18 bits per heavy atom. The van der Waals surface area contributed by atoms with E-state index in [2.05, 4.69) is 12.1 Å². The fourth-order valence-electron chi connectivity index (χ4n) is 4.69. The van der Waals surface area contributed by atoms with Gasteiger partial charge in [-0.2, -0.15) is 0 Å². The van der Waals surface area contributed by atoms with Crippen LogP contribution >= 0.6 is 0 Å². The van der Waals surface area contributed by atoms with Gasteiger partial charge in [0.15, 0.2) is 6.23 Å². The number of ether oxygens (including phenoxy) is 2. The number of rotatable bonds is 2. The van der Waals surface area contributed by atoms with Crippen molar-refractivity contribution >= 4 is 6.09 Å². The predicted molar refractivity (Wildman–Crippen MR) is 80.1 cm³/mol. The van der Waals surface area contributed by atoms with Crippen molar-refractivity contribution in [3.8, 4) is 5.75 Å². The van der Waals surface area contributed by atoms with E-state index in [0.29, 0.717) is 6.54 Å². The van der Waals surface area contributed by atoms with Gasteiger partial charge in [0.2, 0.25) is 0 Å². The molecule has 3 aliphatic rings. The van der Waals surface area contributed by atoms with E-state index in [1.54, 1.807) is 7.11 Å². The maximum atomic E-state index is 11.4. The highest BCUT2D eigenvalue weighted by molar-refractivity contribution is 5.67. The van der Waals surface area contributed by atoms with Crippen molar-refractivity contribution in [2.45, 2.75) is 49.3 Å². The summed E-state index contributed by atoms with van der Waals surface area (Å²) in [6.07, 6.45) is 3.96. The van der Waals surface area contributed by atoms with Gasteiger partial charge in [0.1, 0.15) is 11.4 Å². The van der Waals surface area contributed by atoms with E-state index in [0.717, 1.165) is 31.4 Å². The number of piperidine rings is 1. The zero-order valence-corrected chi connectivity index (χ0v) is 12.7. The molecule has 1 saturated carbocycles. The second kappa shape index (κ2) is 4.62. The second-order valence-corrected chi connectivity index (χ2v) is 6.61. The minimum Gasteiger partial charge on any atom is -0.497 e. The third-order valence-corrected chi connectivity index (χ3v) is 5.81. The van der Waals surface area contributed by atoms with Gasteiger partial charge in [0.05, 0.1) is 7.11 Å². The number of likely N-dealkylation sites (tertiary alicyclic amines) is 1. The highest BCUT2D eigenvalue weighted by atomic mass is 16.6. The molecule has 1 aliphatic carbocycles. The molecule has 1 aromatic rings. The molecule has 1 amide bonds. The molecule has 22 heavy (non-hydrogen) atoms. The Labute approximate surface area is 129 Å². The third-order valence-electron chi connectivity index (χ3n) is 5.81. The van der Waals surface area contributed by atoms with Crippen LogP contribution in [0.3, 0.4) is 0 Å². The molecule has 3 unspecified atom stereocenters. The molecule has 5 nitrogen and oxygen atoms in total. The summed E-state index contributed by atoms with van der Waals surface area (Å²) in [4.78, 5) is 12.9. The first-order chi connectivity index (χ1) is 10.6. The fourth-order valence-corrected chi connectivity index (χ4v) is 4.69. The average Bonchev–Trinajstić information content (AvgIpc) is 3.27. The number of hydrogen-bond donors (Lipinski definition) is 1. The van der Waals surface area contributed by atoms with Crippen LogP contribution in [0, 0.1) is 0 Å². The van der Waals surface area contributed by atoms with Crippen molar-refractivity contribution in [2.24, 2.45) is 0 Å². The summed E-state index contributed by atoms with van der Waals surface area (Å²) in [5.41, 5.74) is 0.837. The molecular formula is C17H21NO4. The van der Waals surface area contributed by atoms with Gasteiger partial charge in [0.25, 0.3) is 0 Å². The summed E-state index contributed by atoms with van der Waals surface area (Å²) >= 11 is 0. The van der Waals surface area contributed by atoms with Crippen LogP contribution in [0.25, 0.3) is 0 Å². The van der Waals surface area contributed by atoms with Gasteiger partial charge in [0, 0.05) is 12.0 Å². The lowest BCUT2D eigenvalue weighted by Gasteiger charge is -2.47. The fraction of sp³-hybridized carbons (Fsp3) is 0.588. The Morgan fingerprint density at radius 3 is 2.95 bits per heavy atom.